The maximum Gasteiger partial charge on any atom is 0.522 e. The number of nitrogens with zero attached hydrogens (tertiary/aromatic N) is 1. The van der Waals surface area contributed by atoms with Gasteiger partial charge in [-0.1, -0.05) is 20.8 Å². The van der Waals surface area contributed by atoms with Crippen LogP contribution in [-0.4, -0.2) is 66.5 Å². The minimum atomic E-state index is -4.99. The predicted molar refractivity (Wildman–Crippen MR) is 101 cm³/mol. The number of ketones is 1. The molecule has 0 bridgehead atoms. The minimum absolute atomic E-state index is 0.0834. The number of carbonyl (C=O) groups is 4. The molecule has 1 saturated carbocycles. The molecule has 2 heterocycles. The molecule has 0 spiro atoms. The van der Waals surface area contributed by atoms with E-state index in [1.165, 1.54) is 4.90 Å². The first-order valence-corrected chi connectivity index (χ1v) is 10.5. The Morgan fingerprint density at radius 1 is 1.32 bits per heavy atom. The van der Waals surface area contributed by atoms with E-state index in [-0.39, 0.29) is 41.9 Å². The fraction of sp³-hybridized carbons (Fsp3) is 0.800. The van der Waals surface area contributed by atoms with Gasteiger partial charge in [0.2, 0.25) is 17.7 Å². The van der Waals surface area contributed by atoms with E-state index in [0.717, 1.165) is 0 Å². The zero-order chi connectivity index (χ0) is 23.1. The lowest BCUT2D eigenvalue weighted by Crippen LogP contribution is -2.54. The molecular formula is C20H28F3N3O5. The summed E-state index contributed by atoms with van der Waals surface area (Å²) in [6, 6.07) is -2.10. The molecular weight excluding hydrogens is 419 g/mol. The summed E-state index contributed by atoms with van der Waals surface area (Å²) >= 11 is 0. The Kier molecular flexibility index (Phi) is 6.37. The Labute approximate surface area is 178 Å². The number of Topliss-reactive ketones (excluding diaryl/α,β-unsaturated/α-hetero) is 1. The first-order valence-electron chi connectivity index (χ1n) is 10.5. The van der Waals surface area contributed by atoms with Gasteiger partial charge in [0.25, 0.3) is 0 Å². The van der Waals surface area contributed by atoms with Crippen molar-refractivity contribution in [2.24, 2.45) is 23.2 Å². The normalized spacial score (nSPS) is 29.9. The van der Waals surface area contributed by atoms with Crippen LogP contribution >= 0.6 is 0 Å². The lowest BCUT2D eigenvalue weighted by molar-refractivity contribution is -0.321. The van der Waals surface area contributed by atoms with Crippen LogP contribution in [0.1, 0.15) is 40.0 Å². The van der Waals surface area contributed by atoms with Crippen LogP contribution in [0.3, 0.4) is 0 Å². The van der Waals surface area contributed by atoms with E-state index in [2.05, 4.69) is 15.4 Å². The number of carbonyl (C=O) groups excluding carboxylic acids is 4. The summed E-state index contributed by atoms with van der Waals surface area (Å²) in [7, 11) is 0. The molecule has 1 aliphatic carbocycles. The number of piperidine rings is 1. The molecule has 2 aliphatic heterocycles. The molecule has 0 aromatic heterocycles. The highest BCUT2D eigenvalue weighted by atomic mass is 19.4. The summed E-state index contributed by atoms with van der Waals surface area (Å²) in [5.41, 5.74) is -0.142. The first-order chi connectivity index (χ1) is 14.4. The fourth-order valence-corrected chi connectivity index (χ4v) is 4.98. The van der Waals surface area contributed by atoms with E-state index >= 15 is 0 Å². The average Bonchev–Trinajstić information content (AvgIpc) is 3.04. The zero-order valence-corrected chi connectivity index (χ0v) is 17.8. The van der Waals surface area contributed by atoms with Crippen molar-refractivity contribution in [3.63, 3.8) is 0 Å². The molecule has 5 atom stereocenters. The number of hydrogen-bond donors (Lipinski definition) is 2. The molecule has 2 saturated heterocycles. The van der Waals surface area contributed by atoms with Crippen molar-refractivity contribution < 1.29 is 37.1 Å². The van der Waals surface area contributed by atoms with Crippen molar-refractivity contribution in [2.45, 2.75) is 58.5 Å². The van der Waals surface area contributed by atoms with E-state index < -0.39 is 42.7 Å². The summed E-state index contributed by atoms with van der Waals surface area (Å²) in [4.78, 5) is 51.4. The number of amides is 3. The molecule has 11 heteroatoms. The summed E-state index contributed by atoms with van der Waals surface area (Å²) in [5.74, 6) is -2.58. The lowest BCUT2D eigenvalue weighted by atomic mass is 9.94. The number of ether oxygens (including phenoxy) is 1. The van der Waals surface area contributed by atoms with Gasteiger partial charge in [-0.25, -0.2) is 0 Å². The zero-order valence-electron chi connectivity index (χ0n) is 17.8. The topological polar surface area (TPSA) is 105 Å². The van der Waals surface area contributed by atoms with E-state index in [1.54, 1.807) is 6.92 Å². The highest BCUT2D eigenvalue weighted by molar-refractivity contribution is 5.94. The van der Waals surface area contributed by atoms with Crippen LogP contribution in [0.2, 0.25) is 0 Å². The third kappa shape index (κ3) is 4.86. The van der Waals surface area contributed by atoms with E-state index in [4.69, 9.17) is 0 Å². The molecule has 8 nitrogen and oxygen atoms in total. The number of rotatable bonds is 8. The van der Waals surface area contributed by atoms with Crippen LogP contribution in [0, 0.1) is 23.2 Å². The molecule has 174 valence electrons. The molecule has 31 heavy (non-hydrogen) atoms. The number of halogens is 3. The van der Waals surface area contributed by atoms with E-state index in [1.807, 2.05) is 13.8 Å². The Bertz CT molecular complexity index is 770. The Morgan fingerprint density at radius 2 is 2.00 bits per heavy atom. The highest BCUT2D eigenvalue weighted by Crippen LogP contribution is 2.64. The van der Waals surface area contributed by atoms with Crippen molar-refractivity contribution >= 4 is 23.5 Å². The second-order valence-corrected chi connectivity index (χ2v) is 9.07. The van der Waals surface area contributed by atoms with Gasteiger partial charge in [0.05, 0.1) is 6.04 Å². The van der Waals surface area contributed by atoms with Gasteiger partial charge in [-0.05, 0) is 30.1 Å². The molecule has 0 aromatic rings. The maximum atomic E-state index is 13.2. The predicted octanol–water partition coefficient (Wildman–Crippen LogP) is 0.996. The second kappa shape index (κ2) is 8.40. The van der Waals surface area contributed by atoms with Crippen LogP contribution in [0.25, 0.3) is 0 Å². The van der Waals surface area contributed by atoms with Crippen molar-refractivity contribution in [1.82, 2.24) is 15.5 Å². The fourth-order valence-electron chi connectivity index (χ4n) is 4.98. The third-order valence-corrected chi connectivity index (χ3v) is 6.87. The SMILES string of the molecule is CCC(=O)N1C[C@H]2[C@@H]([C@H]1C(=O)N[C@@H](C[C@@H]1CCNC1=O)C(=O)COC(F)(F)F)C2(C)C. The second-order valence-electron chi connectivity index (χ2n) is 9.07. The largest absolute Gasteiger partial charge is 0.522 e. The summed E-state index contributed by atoms with van der Waals surface area (Å²) in [6.45, 7) is 5.26. The van der Waals surface area contributed by atoms with Gasteiger partial charge in [0.1, 0.15) is 12.6 Å². The smallest absolute Gasteiger partial charge is 0.356 e. The molecule has 3 amide bonds. The third-order valence-electron chi connectivity index (χ3n) is 6.87. The number of nitrogens with one attached hydrogen (secondary N) is 2. The van der Waals surface area contributed by atoms with Crippen molar-refractivity contribution in [3.8, 4) is 0 Å². The van der Waals surface area contributed by atoms with Crippen LogP contribution < -0.4 is 10.6 Å². The standard InChI is InChI=1S/C20H28F3N3O5/c1-4-14(28)26-8-11-15(19(11,2)3)16(26)18(30)25-12(7-10-5-6-24-17(10)29)13(27)9-31-20(21,22)23/h10-12,15-16H,4-9H2,1-3H3,(H,24,29)(H,25,30)/t10-,11-,12-,15-,16-/m0/s1. The number of hydrogen-bond acceptors (Lipinski definition) is 5. The van der Waals surface area contributed by atoms with Gasteiger partial charge in [0.15, 0.2) is 5.78 Å². The van der Waals surface area contributed by atoms with Crippen molar-refractivity contribution in [1.29, 1.82) is 0 Å². The first kappa shape index (κ1) is 23.5. The lowest BCUT2D eigenvalue weighted by Gasteiger charge is -2.31. The number of fused-ring (bicyclic) bond motifs is 1. The Hall–Kier alpha value is -2.17. The van der Waals surface area contributed by atoms with Gasteiger partial charge in [-0.2, -0.15) is 0 Å². The van der Waals surface area contributed by atoms with Crippen LogP contribution in [0.5, 0.6) is 0 Å². The quantitative estimate of drug-likeness (QED) is 0.578. The Morgan fingerprint density at radius 3 is 2.55 bits per heavy atom. The summed E-state index contributed by atoms with van der Waals surface area (Å²) < 4.78 is 40.9. The number of alkyl halides is 3. The molecule has 3 aliphatic rings. The summed E-state index contributed by atoms with van der Waals surface area (Å²) in [5, 5.41) is 5.14. The van der Waals surface area contributed by atoms with Gasteiger partial charge in [-0.15, -0.1) is 13.2 Å². The highest BCUT2D eigenvalue weighted by Gasteiger charge is 2.69. The van der Waals surface area contributed by atoms with Crippen molar-refractivity contribution in [2.75, 3.05) is 19.7 Å². The van der Waals surface area contributed by atoms with E-state index in [9.17, 15) is 32.3 Å². The minimum Gasteiger partial charge on any atom is -0.356 e. The van der Waals surface area contributed by atoms with Crippen LogP contribution in [-0.2, 0) is 23.9 Å². The molecule has 0 radical (unpaired) electrons. The monoisotopic (exact) mass is 447 g/mol. The average molecular weight is 447 g/mol. The van der Waals surface area contributed by atoms with Crippen LogP contribution in [0.15, 0.2) is 0 Å². The molecule has 3 rings (SSSR count). The Balaban J connectivity index is 1.75. The molecule has 0 aromatic carbocycles. The van der Waals surface area contributed by atoms with E-state index in [0.29, 0.717) is 19.5 Å². The van der Waals surface area contributed by atoms with Crippen LogP contribution in [0.4, 0.5) is 13.2 Å². The van der Waals surface area contributed by atoms with Crippen molar-refractivity contribution in [3.05, 3.63) is 0 Å². The number of likely N-dealkylation sites (tertiary alicyclic amines) is 1. The van der Waals surface area contributed by atoms with Gasteiger partial charge in [-0.3, -0.25) is 23.9 Å². The molecule has 2 N–H and O–H groups in total. The van der Waals surface area contributed by atoms with Gasteiger partial charge in [0, 0.05) is 25.4 Å². The molecule has 0 unspecified atom stereocenters. The summed E-state index contributed by atoms with van der Waals surface area (Å²) in [6.07, 6.45) is -4.48. The van der Waals surface area contributed by atoms with Gasteiger partial charge >= 0.3 is 6.36 Å². The molecule has 3 fully saturated rings. The maximum absolute atomic E-state index is 13.2. The van der Waals surface area contributed by atoms with Gasteiger partial charge < -0.3 is 15.5 Å².